The Kier molecular flexibility index (Phi) is 7.85. The summed E-state index contributed by atoms with van der Waals surface area (Å²) < 4.78 is 41.1. The number of carbonyl (C=O) groups is 1. The minimum Gasteiger partial charge on any atom is -0.480 e. The lowest BCUT2D eigenvalue weighted by atomic mass is 10.1. The number of ether oxygens (including phenoxy) is 1. The Balaban J connectivity index is 1.33. The van der Waals surface area contributed by atoms with Gasteiger partial charge < -0.3 is 24.1 Å². The molecule has 1 saturated heterocycles. The van der Waals surface area contributed by atoms with Gasteiger partial charge in [0.25, 0.3) is 5.52 Å². The minimum atomic E-state index is -3.56. The van der Waals surface area contributed by atoms with E-state index in [1.54, 1.807) is 4.90 Å². The van der Waals surface area contributed by atoms with Crippen molar-refractivity contribution < 1.29 is 32.0 Å². The maximum absolute atomic E-state index is 12.2. The predicted octanol–water partition coefficient (Wildman–Crippen LogP) is 5.03. The molecular formula is C33H37N4O6S+. The zero-order valence-corrected chi connectivity index (χ0v) is 26.1. The van der Waals surface area contributed by atoms with Crippen LogP contribution < -0.4 is 23.8 Å². The molecule has 2 N–H and O–H groups in total. The first-order chi connectivity index (χ1) is 21.1. The van der Waals surface area contributed by atoms with Crippen LogP contribution in [-0.4, -0.2) is 50.9 Å². The highest BCUT2D eigenvalue weighted by molar-refractivity contribution is 7.88. The van der Waals surface area contributed by atoms with E-state index in [2.05, 4.69) is 52.3 Å². The van der Waals surface area contributed by atoms with E-state index in [4.69, 9.17) is 9.15 Å². The van der Waals surface area contributed by atoms with Crippen molar-refractivity contribution in [3.05, 3.63) is 78.0 Å². The van der Waals surface area contributed by atoms with E-state index in [0.717, 1.165) is 58.2 Å². The molecule has 44 heavy (non-hydrogen) atoms. The number of aryl methyl sites for hydroxylation is 1. The second-order valence-corrected chi connectivity index (χ2v) is 12.9. The maximum atomic E-state index is 12.2. The van der Waals surface area contributed by atoms with Gasteiger partial charge in [-0.25, -0.2) is 17.9 Å². The van der Waals surface area contributed by atoms with Crippen LogP contribution >= 0.6 is 0 Å². The number of sulfonamides is 1. The number of fused-ring (bicyclic) bond motifs is 4. The van der Waals surface area contributed by atoms with Gasteiger partial charge in [0.2, 0.25) is 21.5 Å². The summed E-state index contributed by atoms with van der Waals surface area (Å²) in [7, 11) is -3.56. The fourth-order valence-corrected chi connectivity index (χ4v) is 7.14. The number of aromatic nitrogens is 1. The average Bonchev–Trinajstić information content (AvgIpc) is 3.67. The van der Waals surface area contributed by atoms with E-state index < -0.39 is 28.1 Å². The van der Waals surface area contributed by atoms with Gasteiger partial charge in [-0.05, 0) is 68.0 Å². The number of carboxylic acids is 1. The van der Waals surface area contributed by atoms with Crippen molar-refractivity contribution in [3.8, 4) is 5.75 Å². The molecule has 0 spiro atoms. The quantitative estimate of drug-likeness (QED) is 0.252. The third-order valence-corrected chi connectivity index (χ3v) is 9.07. The molecule has 4 aromatic rings. The van der Waals surface area contributed by atoms with Crippen LogP contribution in [0.1, 0.15) is 39.5 Å². The molecular weight excluding hydrogens is 580 g/mol. The molecule has 1 fully saturated rings. The minimum absolute atomic E-state index is 0.389. The van der Waals surface area contributed by atoms with Crippen LogP contribution in [-0.2, 0) is 21.4 Å². The Morgan fingerprint density at radius 3 is 2.64 bits per heavy atom. The second-order valence-electron chi connectivity index (χ2n) is 11.1. The fraction of sp³-hybridized carbons (Fsp3) is 0.333. The van der Waals surface area contributed by atoms with Crippen LogP contribution in [0.5, 0.6) is 5.75 Å². The smallest absolute Gasteiger partial charge is 0.374 e. The van der Waals surface area contributed by atoms with Gasteiger partial charge in [-0.1, -0.05) is 31.2 Å². The lowest BCUT2D eigenvalue weighted by Crippen LogP contribution is -2.49. The van der Waals surface area contributed by atoms with Crippen LogP contribution in [0.3, 0.4) is 0 Å². The highest BCUT2D eigenvalue weighted by Crippen LogP contribution is 2.43. The Bertz CT molecular complexity index is 1930. The van der Waals surface area contributed by atoms with Crippen molar-refractivity contribution in [1.82, 2.24) is 4.72 Å². The molecule has 230 valence electrons. The van der Waals surface area contributed by atoms with Crippen LogP contribution in [0.15, 0.2) is 76.5 Å². The molecule has 2 unspecified atom stereocenters. The predicted molar refractivity (Wildman–Crippen MR) is 171 cm³/mol. The van der Waals surface area contributed by atoms with E-state index in [0.29, 0.717) is 36.8 Å². The molecule has 2 aliphatic heterocycles. The Morgan fingerprint density at radius 1 is 1.14 bits per heavy atom. The summed E-state index contributed by atoms with van der Waals surface area (Å²) in [6, 6.07) is 16.3. The molecule has 0 radical (unpaired) electrons. The van der Waals surface area contributed by atoms with Gasteiger partial charge in [-0.2, -0.15) is 4.57 Å². The van der Waals surface area contributed by atoms with Gasteiger partial charge in [0.1, 0.15) is 12.6 Å². The SMILES string of the molecule is CCC(/C=C1\Oc2ccc(N3CCC(NS(C)(=O)=O)C3C(=O)O)cc2N1CC)=C\c1oc2ccc3ccccc3c2[n+]1CC. The molecule has 2 aliphatic rings. The Hall–Kier alpha value is -4.35. The molecule has 3 heterocycles. The van der Waals surface area contributed by atoms with Crippen molar-refractivity contribution in [3.63, 3.8) is 0 Å². The van der Waals surface area contributed by atoms with Crippen LogP contribution in [0.4, 0.5) is 11.4 Å². The van der Waals surface area contributed by atoms with Crippen molar-refractivity contribution in [2.45, 2.75) is 52.2 Å². The molecule has 0 amide bonds. The number of allylic oxidation sites excluding steroid dienone is 2. The largest absolute Gasteiger partial charge is 0.480 e. The monoisotopic (exact) mass is 617 g/mol. The Labute approximate surface area is 256 Å². The first kappa shape index (κ1) is 29.7. The van der Waals surface area contributed by atoms with E-state index in [1.165, 1.54) is 0 Å². The molecule has 10 nitrogen and oxygen atoms in total. The first-order valence-corrected chi connectivity index (χ1v) is 16.8. The maximum Gasteiger partial charge on any atom is 0.374 e. The zero-order valence-electron chi connectivity index (χ0n) is 25.3. The van der Waals surface area contributed by atoms with Crippen LogP contribution in [0, 0.1) is 0 Å². The number of hydrogen-bond donors (Lipinski definition) is 2. The van der Waals surface area contributed by atoms with Gasteiger partial charge in [0, 0.05) is 24.9 Å². The third kappa shape index (κ3) is 5.41. The van der Waals surface area contributed by atoms with Crippen molar-refractivity contribution in [2.24, 2.45) is 0 Å². The van der Waals surface area contributed by atoms with E-state index >= 15 is 0 Å². The zero-order chi connectivity index (χ0) is 31.2. The summed E-state index contributed by atoms with van der Waals surface area (Å²) in [6.07, 6.45) is 6.27. The van der Waals surface area contributed by atoms with Crippen LogP contribution in [0.25, 0.3) is 27.9 Å². The molecule has 0 saturated carbocycles. The molecule has 1 aromatic heterocycles. The summed E-state index contributed by atoms with van der Waals surface area (Å²) >= 11 is 0. The topological polar surface area (TPSA) is 116 Å². The van der Waals surface area contributed by atoms with E-state index in [9.17, 15) is 18.3 Å². The number of rotatable bonds is 9. The number of hydrogen-bond acceptors (Lipinski definition) is 7. The first-order valence-electron chi connectivity index (χ1n) is 14.9. The second kappa shape index (κ2) is 11.6. The Morgan fingerprint density at radius 2 is 1.93 bits per heavy atom. The number of oxazole rings is 1. The van der Waals surface area contributed by atoms with Gasteiger partial charge in [0.15, 0.2) is 5.75 Å². The normalized spacial score (nSPS) is 19.7. The summed E-state index contributed by atoms with van der Waals surface area (Å²) in [5.41, 5.74) is 4.46. The van der Waals surface area contributed by atoms with E-state index in [-0.39, 0.29) is 0 Å². The lowest BCUT2D eigenvalue weighted by molar-refractivity contribution is -0.673. The number of nitrogens with zero attached hydrogens (tertiary/aromatic N) is 3. The molecule has 2 atom stereocenters. The van der Waals surface area contributed by atoms with Crippen molar-refractivity contribution in [1.29, 1.82) is 0 Å². The summed E-state index contributed by atoms with van der Waals surface area (Å²) in [5.74, 6) is 1.03. The van der Waals surface area contributed by atoms with Gasteiger partial charge >= 0.3 is 11.9 Å². The molecule has 0 aliphatic carbocycles. The number of nitrogens with one attached hydrogen (secondary N) is 1. The lowest BCUT2D eigenvalue weighted by Gasteiger charge is -2.27. The fourth-order valence-electron chi connectivity index (χ4n) is 6.35. The van der Waals surface area contributed by atoms with Crippen molar-refractivity contribution in [2.75, 3.05) is 29.1 Å². The van der Waals surface area contributed by atoms with Gasteiger partial charge in [0.05, 0.1) is 29.4 Å². The molecule has 0 bridgehead atoms. The van der Waals surface area contributed by atoms with Gasteiger partial charge in [-0.15, -0.1) is 0 Å². The summed E-state index contributed by atoms with van der Waals surface area (Å²) in [5, 5.41) is 12.3. The van der Waals surface area contributed by atoms with E-state index in [1.807, 2.05) is 49.4 Å². The molecule has 6 rings (SSSR count). The number of carboxylic acid groups (broad SMARTS) is 1. The standard InChI is InChI=1S/C33H36N4O6S/c1-5-21(19-30-36(7-3)31-24-11-9-8-10-22(24)12-14-28(31)43-30)18-29-35(6-2)26-20-23(13-15-27(26)42-29)37-17-16-25(32(37)33(38)39)34-44(4,40)41/h8-15,18-20,25,32,34H,5-7,16-17H2,1-4H3/p+1. The van der Waals surface area contributed by atoms with Crippen molar-refractivity contribution >= 4 is 55.3 Å². The molecule has 3 aromatic carbocycles. The average molecular weight is 618 g/mol. The highest BCUT2D eigenvalue weighted by atomic mass is 32.2. The van der Waals surface area contributed by atoms with Gasteiger partial charge in [-0.3, -0.25) is 0 Å². The molecule has 11 heteroatoms. The third-order valence-electron chi connectivity index (χ3n) is 8.33. The summed E-state index contributed by atoms with van der Waals surface area (Å²) in [6.45, 7) is 8.03. The summed E-state index contributed by atoms with van der Waals surface area (Å²) in [4.78, 5) is 16.0. The van der Waals surface area contributed by atoms with Crippen LogP contribution in [0.2, 0.25) is 0 Å². The number of anilines is 2. The highest BCUT2D eigenvalue weighted by Gasteiger charge is 2.41. The number of benzene rings is 3. The number of aliphatic carboxylic acids is 1.